The Morgan fingerprint density at radius 1 is 0.905 bits per heavy atom. The molecule has 0 unspecified atom stereocenters. The van der Waals surface area contributed by atoms with Gasteiger partial charge < -0.3 is 9.90 Å². The minimum absolute atomic E-state index is 0. The predicted molar refractivity (Wildman–Crippen MR) is 76.6 cm³/mol. The smallest absolute Gasteiger partial charge is 0.548 e. The zero-order valence-corrected chi connectivity index (χ0v) is 16.3. The summed E-state index contributed by atoms with van der Waals surface area (Å²) in [4.78, 5) is 10.1. The Morgan fingerprint density at radius 2 is 1.33 bits per heavy atom. The Morgan fingerprint density at radius 3 is 1.76 bits per heavy atom. The van der Waals surface area contributed by atoms with E-state index in [0.717, 1.165) is 19.3 Å². The first kappa shape index (κ1) is 23.6. The zero-order chi connectivity index (χ0) is 15.3. The molecule has 0 aromatic carbocycles. The van der Waals surface area contributed by atoms with Crippen LogP contribution in [0.25, 0.3) is 0 Å². The largest absolute Gasteiger partial charge is 1.00 e. The first-order valence-corrected chi connectivity index (χ1v) is 9.12. The number of carbonyl (C=O) groups is 1. The van der Waals surface area contributed by atoms with Crippen LogP contribution in [-0.2, 0) is 19.1 Å². The number of rotatable bonds is 14. The number of carbonyl (C=O) groups excluding carboxylic acids is 1. The van der Waals surface area contributed by atoms with Gasteiger partial charge in [-0.1, -0.05) is 64.7 Å². The van der Waals surface area contributed by atoms with Crippen LogP contribution in [0.4, 0.5) is 0 Å². The van der Waals surface area contributed by atoms with Crippen LogP contribution in [0, 0.1) is 0 Å². The second-order valence-electron chi connectivity index (χ2n) is 5.08. The van der Waals surface area contributed by atoms with Gasteiger partial charge in [-0.05, 0) is 6.42 Å². The molecule has 0 aromatic heterocycles. The maximum absolute atomic E-state index is 11.3. The normalized spacial score (nSPS) is 11.1. The second-order valence-corrected chi connectivity index (χ2v) is 6.84. The van der Waals surface area contributed by atoms with Crippen LogP contribution < -0.4 is 34.7 Å². The van der Waals surface area contributed by atoms with Crippen molar-refractivity contribution >= 4 is 16.1 Å². The molecule has 0 amide bonds. The summed E-state index contributed by atoms with van der Waals surface area (Å²) in [6.45, 7) is 1.31. The van der Waals surface area contributed by atoms with Crippen molar-refractivity contribution in [3.8, 4) is 0 Å². The predicted octanol–water partition coefficient (Wildman–Crippen LogP) is -0.992. The molecule has 21 heavy (non-hydrogen) atoms. The van der Waals surface area contributed by atoms with E-state index < -0.39 is 22.7 Å². The van der Waals surface area contributed by atoms with Gasteiger partial charge in [0.15, 0.2) is 0 Å². The molecule has 0 aliphatic carbocycles. The van der Waals surface area contributed by atoms with E-state index >= 15 is 0 Å². The topological polar surface area (TPSA) is 83.5 Å². The van der Waals surface area contributed by atoms with E-state index in [-0.39, 0.29) is 35.3 Å². The van der Waals surface area contributed by atoms with Gasteiger partial charge in [0, 0.05) is 0 Å². The second kappa shape index (κ2) is 15.3. The van der Waals surface area contributed by atoms with E-state index in [1.807, 2.05) is 0 Å². The number of aliphatic carboxylic acids is 1. The average Bonchev–Trinajstić information content (AvgIpc) is 2.39. The van der Waals surface area contributed by atoms with Crippen molar-refractivity contribution in [2.24, 2.45) is 0 Å². The van der Waals surface area contributed by atoms with Crippen LogP contribution >= 0.6 is 0 Å². The van der Waals surface area contributed by atoms with Crippen LogP contribution in [0.3, 0.4) is 0 Å². The molecule has 0 saturated heterocycles. The Hall–Kier alpha value is 0.380. The molecule has 7 heteroatoms. The minimum Gasteiger partial charge on any atom is -0.548 e. The maximum atomic E-state index is 11.3. The third-order valence-electron chi connectivity index (χ3n) is 3.10. The van der Waals surface area contributed by atoms with E-state index in [2.05, 4.69) is 11.1 Å². The average molecular weight is 330 g/mol. The van der Waals surface area contributed by atoms with Gasteiger partial charge in [0.25, 0.3) is 10.1 Å². The SMILES string of the molecule is CCCCCCCCCCCCS(=O)(=O)OCC(=O)[O-].[Na+]. The van der Waals surface area contributed by atoms with Crippen LogP contribution in [0.5, 0.6) is 0 Å². The van der Waals surface area contributed by atoms with Crippen molar-refractivity contribution in [2.75, 3.05) is 12.4 Å². The van der Waals surface area contributed by atoms with Gasteiger partial charge in [0.05, 0.1) is 11.7 Å². The maximum Gasteiger partial charge on any atom is 1.00 e. The van der Waals surface area contributed by atoms with Gasteiger partial charge in [-0.2, -0.15) is 8.42 Å². The Bertz CT molecular complexity index is 343. The van der Waals surface area contributed by atoms with Crippen LogP contribution in [0.1, 0.15) is 71.1 Å². The fraction of sp³-hybridized carbons (Fsp3) is 0.929. The molecule has 0 bridgehead atoms. The molecular formula is C14H27NaO5S. The summed E-state index contributed by atoms with van der Waals surface area (Å²) >= 11 is 0. The number of hydrogen-bond donors (Lipinski definition) is 0. The molecule has 0 radical (unpaired) electrons. The number of unbranched alkanes of at least 4 members (excludes halogenated alkanes) is 9. The number of carboxylic acid groups (broad SMARTS) is 1. The van der Waals surface area contributed by atoms with Gasteiger partial charge in [-0.3, -0.25) is 4.18 Å². The monoisotopic (exact) mass is 330 g/mol. The molecule has 0 aliphatic rings. The third-order valence-corrected chi connectivity index (χ3v) is 4.37. The molecule has 0 aromatic rings. The molecule has 0 aliphatic heterocycles. The summed E-state index contributed by atoms with van der Waals surface area (Å²) in [6.07, 6.45) is 11.1. The molecule has 0 N–H and O–H groups in total. The third kappa shape index (κ3) is 18.3. The van der Waals surface area contributed by atoms with Crippen molar-refractivity contribution in [2.45, 2.75) is 71.1 Å². The Balaban J connectivity index is 0. The van der Waals surface area contributed by atoms with Gasteiger partial charge >= 0.3 is 29.6 Å². The van der Waals surface area contributed by atoms with Gasteiger partial charge in [0.2, 0.25) is 0 Å². The Kier molecular flexibility index (Phi) is 17.2. The van der Waals surface area contributed by atoms with Crippen molar-refractivity contribution in [3.05, 3.63) is 0 Å². The number of hydrogen-bond acceptors (Lipinski definition) is 5. The van der Waals surface area contributed by atoms with E-state index in [1.54, 1.807) is 0 Å². The first-order valence-electron chi connectivity index (χ1n) is 7.55. The summed E-state index contributed by atoms with van der Waals surface area (Å²) in [5.41, 5.74) is 0. The summed E-state index contributed by atoms with van der Waals surface area (Å²) < 4.78 is 26.8. The van der Waals surface area contributed by atoms with Crippen LogP contribution in [0.2, 0.25) is 0 Å². The van der Waals surface area contributed by atoms with E-state index in [9.17, 15) is 18.3 Å². The molecule has 5 nitrogen and oxygen atoms in total. The first-order chi connectivity index (χ1) is 9.48. The van der Waals surface area contributed by atoms with Gasteiger partial charge in [-0.15, -0.1) is 0 Å². The van der Waals surface area contributed by atoms with Crippen molar-refractivity contribution < 1.29 is 52.1 Å². The Labute approximate surface area is 151 Å². The summed E-state index contributed by atoms with van der Waals surface area (Å²) in [7, 11) is -3.71. The van der Waals surface area contributed by atoms with Gasteiger partial charge in [0.1, 0.15) is 6.61 Å². The molecule has 0 heterocycles. The van der Waals surface area contributed by atoms with Gasteiger partial charge in [-0.25, -0.2) is 0 Å². The molecule has 0 spiro atoms. The fourth-order valence-corrected chi connectivity index (χ4v) is 2.91. The summed E-state index contributed by atoms with van der Waals surface area (Å²) in [5.74, 6) is -1.63. The van der Waals surface area contributed by atoms with Crippen LogP contribution in [-0.4, -0.2) is 26.7 Å². The molecule has 0 rings (SSSR count). The number of carboxylic acids is 1. The standard InChI is InChI=1S/C14H28O5S.Na/c1-2-3-4-5-6-7-8-9-10-11-12-20(17,18)19-13-14(15)16;/h2-13H2,1H3,(H,15,16);/q;+1/p-1. The molecule has 0 fully saturated rings. The summed E-state index contributed by atoms with van der Waals surface area (Å²) in [6, 6.07) is 0. The van der Waals surface area contributed by atoms with E-state index in [4.69, 9.17) is 0 Å². The molecule has 120 valence electrons. The quantitative estimate of drug-likeness (QED) is 0.232. The van der Waals surface area contributed by atoms with Crippen molar-refractivity contribution in [1.82, 2.24) is 0 Å². The van der Waals surface area contributed by atoms with E-state index in [0.29, 0.717) is 6.42 Å². The molecule has 0 atom stereocenters. The summed E-state index contributed by atoms with van der Waals surface area (Å²) in [5, 5.41) is 10.1. The zero-order valence-electron chi connectivity index (χ0n) is 13.4. The van der Waals surface area contributed by atoms with Crippen molar-refractivity contribution in [3.63, 3.8) is 0 Å². The van der Waals surface area contributed by atoms with E-state index in [1.165, 1.54) is 38.5 Å². The fourth-order valence-electron chi connectivity index (χ4n) is 1.96. The van der Waals surface area contributed by atoms with Crippen LogP contribution in [0.15, 0.2) is 0 Å². The minimum atomic E-state index is -3.71. The molecular weight excluding hydrogens is 303 g/mol. The molecule has 0 saturated carbocycles. The van der Waals surface area contributed by atoms with Crippen molar-refractivity contribution in [1.29, 1.82) is 0 Å².